The van der Waals surface area contributed by atoms with Gasteiger partial charge >= 0.3 is 6.09 Å². The van der Waals surface area contributed by atoms with Gasteiger partial charge in [-0.1, -0.05) is 0 Å². The highest BCUT2D eigenvalue weighted by molar-refractivity contribution is 5.65. The van der Waals surface area contributed by atoms with Crippen molar-refractivity contribution in [2.45, 2.75) is 38.0 Å². The maximum Gasteiger partial charge on any atom is 0.407 e. The fourth-order valence-corrected chi connectivity index (χ4v) is 2.80. The Balaban J connectivity index is 2.13. The van der Waals surface area contributed by atoms with Gasteiger partial charge in [0.15, 0.2) is 0 Å². The number of hydrogen-bond donors (Lipinski definition) is 3. The van der Waals surface area contributed by atoms with Gasteiger partial charge in [0.2, 0.25) is 0 Å². The van der Waals surface area contributed by atoms with Crippen LogP contribution in [0.3, 0.4) is 0 Å². The Bertz CT molecular complexity index is 257. The lowest BCUT2D eigenvalue weighted by molar-refractivity contribution is 0.0765. The molecule has 5 heteroatoms. The van der Waals surface area contributed by atoms with Crippen LogP contribution in [0.1, 0.15) is 19.8 Å². The van der Waals surface area contributed by atoms with Crippen molar-refractivity contribution >= 4 is 6.09 Å². The van der Waals surface area contributed by atoms with Crippen LogP contribution in [0.25, 0.3) is 0 Å². The molecule has 86 valence electrons. The van der Waals surface area contributed by atoms with Gasteiger partial charge in [0, 0.05) is 25.2 Å². The van der Waals surface area contributed by atoms with E-state index >= 15 is 0 Å². The molecule has 2 bridgehead atoms. The number of piperidine rings is 1. The van der Waals surface area contributed by atoms with Crippen LogP contribution in [0.15, 0.2) is 0 Å². The molecule has 3 saturated heterocycles. The lowest BCUT2D eigenvalue weighted by Gasteiger charge is -2.35. The molecule has 3 rings (SSSR count). The molecule has 5 nitrogen and oxygen atoms in total. The first kappa shape index (κ1) is 10.7. The van der Waals surface area contributed by atoms with E-state index in [0.717, 1.165) is 12.8 Å². The second kappa shape index (κ2) is 3.98. The number of nitrogens with one attached hydrogen (secondary N) is 1. The first-order chi connectivity index (χ1) is 7.09. The predicted octanol–water partition coefficient (Wildman–Crippen LogP) is 0.0976. The van der Waals surface area contributed by atoms with Gasteiger partial charge < -0.3 is 20.4 Å². The van der Waals surface area contributed by atoms with E-state index in [-0.39, 0.29) is 18.0 Å². The first-order valence-corrected chi connectivity index (χ1v) is 5.50. The zero-order valence-corrected chi connectivity index (χ0v) is 8.89. The third-order valence-corrected chi connectivity index (χ3v) is 3.61. The van der Waals surface area contributed by atoms with Crippen molar-refractivity contribution in [3.8, 4) is 0 Å². The molecule has 1 amide bonds. The van der Waals surface area contributed by atoms with Crippen molar-refractivity contribution in [3.63, 3.8) is 0 Å². The van der Waals surface area contributed by atoms with E-state index in [9.17, 15) is 9.90 Å². The maximum absolute atomic E-state index is 11.0. The van der Waals surface area contributed by atoms with Gasteiger partial charge in [-0.05, 0) is 25.7 Å². The van der Waals surface area contributed by atoms with E-state index in [1.165, 1.54) is 4.90 Å². The van der Waals surface area contributed by atoms with Crippen molar-refractivity contribution in [2.75, 3.05) is 13.1 Å². The normalized spacial score (nSPS) is 37.5. The number of hydrogen-bond acceptors (Lipinski definition) is 3. The van der Waals surface area contributed by atoms with Crippen LogP contribution in [0.5, 0.6) is 0 Å². The molecule has 0 spiro atoms. The van der Waals surface area contributed by atoms with E-state index in [4.69, 9.17) is 5.11 Å². The highest BCUT2D eigenvalue weighted by Crippen LogP contribution is 2.29. The van der Waals surface area contributed by atoms with Gasteiger partial charge in [0.05, 0.1) is 6.10 Å². The number of aliphatic hydroxyl groups is 1. The average molecular weight is 214 g/mol. The topological polar surface area (TPSA) is 72.8 Å². The number of carboxylic acid groups (broad SMARTS) is 1. The highest BCUT2D eigenvalue weighted by atomic mass is 16.4. The maximum atomic E-state index is 11.0. The van der Waals surface area contributed by atoms with Crippen LogP contribution in [0.2, 0.25) is 0 Å². The van der Waals surface area contributed by atoms with Crippen molar-refractivity contribution in [1.29, 1.82) is 0 Å². The molecular formula is C10H18N2O3. The van der Waals surface area contributed by atoms with E-state index < -0.39 is 12.2 Å². The summed E-state index contributed by atoms with van der Waals surface area (Å²) in [7, 11) is 0. The second-order valence-electron chi connectivity index (χ2n) is 4.60. The molecule has 3 N–H and O–H groups in total. The Labute approximate surface area is 89.1 Å². The number of rotatable bonds is 1. The van der Waals surface area contributed by atoms with Crippen LogP contribution in [0.4, 0.5) is 4.79 Å². The number of carbonyl (C=O) groups is 1. The minimum atomic E-state index is -0.835. The van der Waals surface area contributed by atoms with Gasteiger partial charge in [-0.15, -0.1) is 0 Å². The third-order valence-electron chi connectivity index (χ3n) is 3.61. The van der Waals surface area contributed by atoms with Crippen molar-refractivity contribution in [3.05, 3.63) is 0 Å². The molecule has 0 radical (unpaired) electrons. The molecule has 1 unspecified atom stereocenters. The summed E-state index contributed by atoms with van der Waals surface area (Å²) in [6, 6.07) is 0.127. The van der Waals surface area contributed by atoms with Crippen molar-refractivity contribution in [1.82, 2.24) is 10.2 Å². The second-order valence-corrected chi connectivity index (χ2v) is 4.60. The summed E-state index contributed by atoms with van der Waals surface area (Å²) >= 11 is 0. The lowest BCUT2D eigenvalue weighted by atomic mass is 9.88. The summed E-state index contributed by atoms with van der Waals surface area (Å²) in [5.74, 6) is 0.250. The number of aliphatic hydroxyl groups excluding tert-OH is 1. The molecule has 4 atom stereocenters. The van der Waals surface area contributed by atoms with Gasteiger partial charge in [-0.2, -0.15) is 0 Å². The minimum absolute atomic E-state index is 0.0411. The summed E-state index contributed by atoms with van der Waals surface area (Å²) < 4.78 is 0. The highest BCUT2D eigenvalue weighted by Gasteiger charge is 2.40. The first-order valence-electron chi connectivity index (χ1n) is 5.50. The lowest BCUT2D eigenvalue weighted by Crippen LogP contribution is -2.47. The Kier molecular flexibility index (Phi) is 2.84. The number of amides is 1. The van der Waals surface area contributed by atoms with Crippen LogP contribution in [0, 0.1) is 5.92 Å². The third kappa shape index (κ3) is 1.94. The largest absolute Gasteiger partial charge is 0.465 e. The molecule has 15 heavy (non-hydrogen) atoms. The molecule has 3 aliphatic rings. The SMILES string of the molecule is CC(O)[C@H]1NC[C@H]2CC[C@@H]1CN2C(=O)O. The van der Waals surface area contributed by atoms with E-state index in [0.29, 0.717) is 13.1 Å². The van der Waals surface area contributed by atoms with E-state index in [2.05, 4.69) is 5.32 Å². The Morgan fingerprint density at radius 1 is 1.53 bits per heavy atom. The van der Waals surface area contributed by atoms with Crippen LogP contribution in [-0.2, 0) is 0 Å². The summed E-state index contributed by atoms with van der Waals surface area (Å²) in [4.78, 5) is 12.5. The molecule has 0 saturated carbocycles. The van der Waals surface area contributed by atoms with Gasteiger partial charge in [-0.3, -0.25) is 0 Å². The summed E-state index contributed by atoms with van der Waals surface area (Å²) in [5, 5.41) is 21.9. The standard InChI is InChI=1S/C10H18N2O3/c1-6(13)9-7-2-3-8(4-11-9)12(5-7)10(14)15/h6-9,11,13H,2-5H2,1H3,(H,14,15)/t6?,7-,8-,9-/m1/s1. The zero-order valence-electron chi connectivity index (χ0n) is 8.89. The van der Waals surface area contributed by atoms with Gasteiger partial charge in [-0.25, -0.2) is 4.79 Å². The van der Waals surface area contributed by atoms with Gasteiger partial charge in [0.1, 0.15) is 0 Å². The fraction of sp³-hybridized carbons (Fsp3) is 0.900. The number of fused-ring (bicyclic) bond motifs is 4. The smallest absolute Gasteiger partial charge is 0.407 e. The fourth-order valence-electron chi connectivity index (χ4n) is 2.80. The Hall–Kier alpha value is -0.810. The predicted molar refractivity (Wildman–Crippen MR) is 54.7 cm³/mol. The van der Waals surface area contributed by atoms with Crippen LogP contribution in [-0.4, -0.2) is 52.5 Å². The molecule has 3 fully saturated rings. The van der Waals surface area contributed by atoms with E-state index in [1.807, 2.05) is 0 Å². The van der Waals surface area contributed by atoms with Gasteiger partial charge in [0.25, 0.3) is 0 Å². The van der Waals surface area contributed by atoms with Crippen LogP contribution < -0.4 is 5.32 Å². The molecule has 0 aliphatic carbocycles. The zero-order chi connectivity index (χ0) is 11.0. The summed E-state index contributed by atoms with van der Waals surface area (Å²) in [5.41, 5.74) is 0. The molecule has 0 aromatic carbocycles. The molecular weight excluding hydrogens is 196 g/mol. The summed E-state index contributed by atoms with van der Waals surface area (Å²) in [6.07, 6.45) is 0.671. The van der Waals surface area contributed by atoms with Crippen molar-refractivity contribution in [2.24, 2.45) is 5.92 Å². The number of nitrogens with zero attached hydrogens (tertiary/aromatic N) is 1. The molecule has 3 aliphatic heterocycles. The molecule has 0 aromatic heterocycles. The monoisotopic (exact) mass is 214 g/mol. The van der Waals surface area contributed by atoms with Crippen LogP contribution >= 0.6 is 0 Å². The molecule has 0 aromatic rings. The Morgan fingerprint density at radius 2 is 2.27 bits per heavy atom. The minimum Gasteiger partial charge on any atom is -0.465 e. The van der Waals surface area contributed by atoms with E-state index in [1.54, 1.807) is 6.92 Å². The molecule has 3 heterocycles. The van der Waals surface area contributed by atoms with Crippen molar-refractivity contribution < 1.29 is 15.0 Å². The average Bonchev–Trinajstić information content (AvgIpc) is 2.47. The summed E-state index contributed by atoms with van der Waals surface area (Å²) in [6.45, 7) is 2.99. The Morgan fingerprint density at radius 3 is 2.87 bits per heavy atom. The quantitative estimate of drug-likeness (QED) is 0.579.